The van der Waals surface area contributed by atoms with Crippen LogP contribution in [0, 0.1) is 0 Å². The van der Waals surface area contributed by atoms with Gasteiger partial charge in [-0.2, -0.15) is 4.31 Å². The Bertz CT molecular complexity index is 719. The Morgan fingerprint density at radius 3 is 2.48 bits per heavy atom. The fourth-order valence-electron chi connectivity index (χ4n) is 3.22. The summed E-state index contributed by atoms with van der Waals surface area (Å²) in [6.45, 7) is 3.27. The number of piperazine rings is 1. The maximum atomic E-state index is 12.8. The predicted molar refractivity (Wildman–Crippen MR) is 111 cm³/mol. The van der Waals surface area contributed by atoms with Crippen LogP contribution in [0.15, 0.2) is 29.2 Å². The summed E-state index contributed by atoms with van der Waals surface area (Å²) < 4.78 is 27.1. The molecule has 1 amide bonds. The van der Waals surface area contributed by atoms with Gasteiger partial charge in [-0.05, 0) is 44.6 Å². The molecule has 0 bridgehead atoms. The number of carbonyl (C=O) groups is 1. The molecule has 3 rings (SSSR count). The van der Waals surface area contributed by atoms with E-state index in [2.05, 4.69) is 15.5 Å². The van der Waals surface area contributed by atoms with Crippen LogP contribution in [0.3, 0.4) is 0 Å². The highest BCUT2D eigenvalue weighted by Crippen LogP contribution is 2.21. The summed E-state index contributed by atoms with van der Waals surface area (Å²) >= 11 is 0. The second kappa shape index (κ2) is 10.6. The van der Waals surface area contributed by atoms with Crippen LogP contribution in [0.5, 0.6) is 0 Å². The van der Waals surface area contributed by atoms with Gasteiger partial charge >= 0.3 is 0 Å². The lowest BCUT2D eigenvalue weighted by atomic mass is 10.0. The Hall–Kier alpha value is -0.900. The lowest BCUT2D eigenvalue weighted by Crippen LogP contribution is -2.47. The van der Waals surface area contributed by atoms with Crippen molar-refractivity contribution in [1.82, 2.24) is 14.5 Å². The Morgan fingerprint density at radius 1 is 1.15 bits per heavy atom. The first kappa shape index (κ1) is 24.1. The van der Waals surface area contributed by atoms with Crippen LogP contribution in [0.4, 0.5) is 5.69 Å². The molecule has 27 heavy (non-hydrogen) atoms. The number of amides is 1. The van der Waals surface area contributed by atoms with Crippen molar-refractivity contribution in [2.75, 3.05) is 45.1 Å². The molecule has 2 N–H and O–H groups in total. The molecule has 2 saturated heterocycles. The average molecular weight is 439 g/mol. The fraction of sp³-hybridized carbons (Fsp3) is 0.588. The largest absolute Gasteiger partial charge is 0.325 e. The molecule has 1 aromatic carbocycles. The predicted octanol–water partition coefficient (Wildman–Crippen LogP) is 1.55. The zero-order valence-corrected chi connectivity index (χ0v) is 17.8. The zero-order valence-electron chi connectivity index (χ0n) is 15.4. The van der Waals surface area contributed by atoms with Crippen molar-refractivity contribution in [2.24, 2.45) is 0 Å². The van der Waals surface area contributed by atoms with Gasteiger partial charge in [0.15, 0.2) is 0 Å². The van der Waals surface area contributed by atoms with E-state index in [0.29, 0.717) is 18.8 Å². The first-order chi connectivity index (χ1) is 12.0. The van der Waals surface area contributed by atoms with Gasteiger partial charge in [0.05, 0.1) is 10.9 Å². The van der Waals surface area contributed by atoms with Crippen LogP contribution < -0.4 is 10.6 Å². The van der Waals surface area contributed by atoms with Crippen LogP contribution in [0.1, 0.15) is 19.3 Å². The number of sulfonamides is 1. The molecule has 154 valence electrons. The highest BCUT2D eigenvalue weighted by atomic mass is 35.5. The second-order valence-corrected chi connectivity index (χ2v) is 8.66. The lowest BCUT2D eigenvalue weighted by Gasteiger charge is -2.31. The van der Waals surface area contributed by atoms with Gasteiger partial charge in [0, 0.05) is 31.9 Å². The summed E-state index contributed by atoms with van der Waals surface area (Å²) in [5.41, 5.74) is 0.521. The number of hydrogen-bond acceptors (Lipinski definition) is 5. The molecular weight excluding hydrogens is 411 g/mol. The maximum Gasteiger partial charge on any atom is 0.243 e. The Kier molecular flexibility index (Phi) is 9.47. The Balaban J connectivity index is 0.00000182. The SMILES string of the molecule is CN1CCN(S(=O)(=O)c2cccc(NC(=O)[C@H]3CCCCN3)c2)CC1.Cl.Cl. The van der Waals surface area contributed by atoms with Crippen LogP contribution >= 0.6 is 24.8 Å². The molecule has 2 fully saturated rings. The van der Waals surface area contributed by atoms with E-state index in [-0.39, 0.29) is 41.7 Å². The van der Waals surface area contributed by atoms with Gasteiger partial charge in [0.2, 0.25) is 15.9 Å². The van der Waals surface area contributed by atoms with Crippen LogP contribution in [0.2, 0.25) is 0 Å². The van der Waals surface area contributed by atoms with E-state index < -0.39 is 10.0 Å². The van der Waals surface area contributed by atoms with Gasteiger partial charge in [-0.25, -0.2) is 8.42 Å². The smallest absolute Gasteiger partial charge is 0.243 e. The van der Waals surface area contributed by atoms with Gasteiger partial charge in [-0.3, -0.25) is 4.79 Å². The Labute approximate surface area is 173 Å². The number of halogens is 2. The molecular formula is C17H28Cl2N4O3S. The number of nitrogens with zero attached hydrogens (tertiary/aromatic N) is 2. The number of piperidine rings is 1. The number of hydrogen-bond donors (Lipinski definition) is 2. The van der Waals surface area contributed by atoms with Crippen LogP contribution in [0.25, 0.3) is 0 Å². The van der Waals surface area contributed by atoms with Gasteiger partial charge in [0.1, 0.15) is 0 Å². The third-order valence-electron chi connectivity index (χ3n) is 4.83. The van der Waals surface area contributed by atoms with Gasteiger partial charge < -0.3 is 15.5 Å². The number of benzene rings is 1. The zero-order chi connectivity index (χ0) is 17.9. The number of anilines is 1. The van der Waals surface area contributed by atoms with E-state index in [1.165, 1.54) is 4.31 Å². The van der Waals surface area contributed by atoms with Gasteiger partial charge in [0.25, 0.3) is 0 Å². The molecule has 1 aromatic rings. The number of nitrogens with one attached hydrogen (secondary N) is 2. The van der Waals surface area contributed by atoms with E-state index in [9.17, 15) is 13.2 Å². The van der Waals surface area contributed by atoms with Crippen molar-refractivity contribution in [1.29, 1.82) is 0 Å². The van der Waals surface area contributed by atoms with Gasteiger partial charge in [-0.15, -0.1) is 24.8 Å². The van der Waals surface area contributed by atoms with Crippen molar-refractivity contribution >= 4 is 46.4 Å². The topological polar surface area (TPSA) is 81.8 Å². The van der Waals surface area contributed by atoms with Crippen LogP contribution in [-0.2, 0) is 14.8 Å². The molecule has 0 unspecified atom stereocenters. The van der Waals surface area contributed by atoms with Crippen molar-refractivity contribution in [3.63, 3.8) is 0 Å². The standard InChI is InChI=1S/C17H26N4O3S.2ClH/c1-20-9-11-21(12-10-20)25(23,24)15-6-4-5-14(13-15)19-17(22)16-7-2-3-8-18-16;;/h4-6,13,16,18H,2-3,7-12H2,1H3,(H,19,22);2*1H/t16-;;/m1../s1. The summed E-state index contributed by atoms with van der Waals surface area (Å²) in [4.78, 5) is 14.7. The Morgan fingerprint density at radius 2 is 1.85 bits per heavy atom. The number of rotatable bonds is 4. The minimum Gasteiger partial charge on any atom is -0.325 e. The molecule has 2 aliphatic rings. The van der Waals surface area contributed by atoms with E-state index in [0.717, 1.165) is 38.9 Å². The second-order valence-electron chi connectivity index (χ2n) is 6.73. The summed E-state index contributed by atoms with van der Waals surface area (Å²) in [7, 11) is -1.54. The molecule has 7 nitrogen and oxygen atoms in total. The molecule has 2 heterocycles. The molecule has 0 spiro atoms. The first-order valence-electron chi connectivity index (χ1n) is 8.80. The van der Waals surface area contributed by atoms with Crippen molar-refractivity contribution in [3.8, 4) is 0 Å². The average Bonchev–Trinajstić information content (AvgIpc) is 2.63. The van der Waals surface area contributed by atoms with E-state index >= 15 is 0 Å². The molecule has 0 aromatic heterocycles. The van der Waals surface area contributed by atoms with E-state index in [4.69, 9.17) is 0 Å². The van der Waals surface area contributed by atoms with Crippen LogP contribution in [-0.4, -0.2) is 69.3 Å². The number of carbonyl (C=O) groups excluding carboxylic acids is 1. The third kappa shape index (κ3) is 6.04. The summed E-state index contributed by atoms with van der Waals surface area (Å²) in [6.07, 6.45) is 2.93. The fourth-order valence-corrected chi connectivity index (χ4v) is 4.69. The summed E-state index contributed by atoms with van der Waals surface area (Å²) in [5, 5.41) is 6.04. The first-order valence-corrected chi connectivity index (χ1v) is 10.2. The molecule has 10 heteroatoms. The minimum atomic E-state index is -3.53. The molecule has 0 aliphatic carbocycles. The van der Waals surface area contributed by atoms with Crippen molar-refractivity contribution < 1.29 is 13.2 Å². The monoisotopic (exact) mass is 438 g/mol. The summed E-state index contributed by atoms with van der Waals surface area (Å²) in [5.74, 6) is -0.103. The quantitative estimate of drug-likeness (QED) is 0.744. The third-order valence-corrected chi connectivity index (χ3v) is 6.72. The number of likely N-dealkylation sites (N-methyl/N-ethyl adjacent to an activating group) is 1. The highest BCUT2D eigenvalue weighted by molar-refractivity contribution is 7.89. The molecule has 1 atom stereocenters. The van der Waals surface area contributed by atoms with Gasteiger partial charge in [-0.1, -0.05) is 12.5 Å². The minimum absolute atomic E-state index is 0. The van der Waals surface area contributed by atoms with Crippen molar-refractivity contribution in [3.05, 3.63) is 24.3 Å². The van der Waals surface area contributed by atoms with E-state index in [1.807, 2.05) is 7.05 Å². The maximum absolute atomic E-state index is 12.8. The molecule has 0 saturated carbocycles. The molecule has 0 radical (unpaired) electrons. The van der Waals surface area contributed by atoms with E-state index in [1.54, 1.807) is 24.3 Å². The molecule has 2 aliphatic heterocycles. The normalized spacial score (nSPS) is 21.6. The van der Waals surface area contributed by atoms with Crippen molar-refractivity contribution in [2.45, 2.75) is 30.2 Å². The highest BCUT2D eigenvalue weighted by Gasteiger charge is 2.28. The summed E-state index contributed by atoms with van der Waals surface area (Å²) in [6, 6.07) is 6.33. The lowest BCUT2D eigenvalue weighted by molar-refractivity contribution is -0.118.